The molecule has 0 amide bonds. The van der Waals surface area contributed by atoms with Gasteiger partial charge in [-0.3, -0.25) is 0 Å². The van der Waals surface area contributed by atoms with Gasteiger partial charge >= 0.3 is 5.97 Å². The minimum atomic E-state index is -0.462. The van der Waals surface area contributed by atoms with E-state index in [-0.39, 0.29) is 26.1 Å². The minimum Gasteiger partial charge on any atom is -0.481 e. The van der Waals surface area contributed by atoms with Gasteiger partial charge in [0.05, 0.1) is 12.7 Å². The van der Waals surface area contributed by atoms with E-state index >= 15 is 0 Å². The van der Waals surface area contributed by atoms with Crippen molar-refractivity contribution in [1.82, 2.24) is 0 Å². The van der Waals surface area contributed by atoms with Gasteiger partial charge in [0, 0.05) is 11.6 Å². The fraction of sp³-hybridized carbons (Fsp3) is 0.462. The molecule has 2 rings (SSSR count). The van der Waals surface area contributed by atoms with Crippen LogP contribution in [0.25, 0.3) is 0 Å². The molecule has 6 nitrogen and oxygen atoms in total. The van der Waals surface area contributed by atoms with Crippen LogP contribution in [-0.4, -0.2) is 30.6 Å². The lowest BCUT2D eigenvalue weighted by atomic mass is 10.2. The Kier molecular flexibility index (Phi) is 4.11. The summed E-state index contributed by atoms with van der Waals surface area (Å²) >= 11 is 0. The molecule has 1 aliphatic heterocycles. The van der Waals surface area contributed by atoms with Gasteiger partial charge in [-0.25, -0.2) is 4.79 Å². The van der Waals surface area contributed by atoms with E-state index in [1.54, 1.807) is 26.0 Å². The SMILES string of the molecule is CC(C)OC(=O)COc1cc2c(cc1CO)OCO2. The van der Waals surface area contributed by atoms with E-state index in [2.05, 4.69) is 0 Å². The van der Waals surface area contributed by atoms with Gasteiger partial charge in [0.15, 0.2) is 18.1 Å². The summed E-state index contributed by atoms with van der Waals surface area (Å²) in [4.78, 5) is 11.4. The maximum absolute atomic E-state index is 11.4. The molecule has 0 radical (unpaired) electrons. The summed E-state index contributed by atoms with van der Waals surface area (Å²) in [5, 5.41) is 9.27. The molecule has 6 heteroatoms. The maximum atomic E-state index is 11.4. The number of carbonyl (C=O) groups is 1. The fourth-order valence-electron chi connectivity index (χ4n) is 1.66. The van der Waals surface area contributed by atoms with Gasteiger partial charge in [-0.1, -0.05) is 0 Å². The van der Waals surface area contributed by atoms with Crippen molar-refractivity contribution in [2.75, 3.05) is 13.4 Å². The van der Waals surface area contributed by atoms with E-state index in [0.29, 0.717) is 22.8 Å². The first kappa shape index (κ1) is 13.5. The van der Waals surface area contributed by atoms with Crippen LogP contribution >= 0.6 is 0 Å². The first-order valence-electron chi connectivity index (χ1n) is 5.96. The molecule has 0 aliphatic carbocycles. The normalized spacial score (nSPS) is 12.6. The van der Waals surface area contributed by atoms with Crippen LogP contribution < -0.4 is 14.2 Å². The smallest absolute Gasteiger partial charge is 0.344 e. The second-order valence-electron chi connectivity index (χ2n) is 4.30. The lowest BCUT2D eigenvalue weighted by Gasteiger charge is -2.12. The molecule has 0 bridgehead atoms. The van der Waals surface area contributed by atoms with E-state index in [1.807, 2.05) is 0 Å². The van der Waals surface area contributed by atoms with E-state index in [9.17, 15) is 9.90 Å². The Morgan fingerprint density at radius 1 is 1.37 bits per heavy atom. The Hall–Kier alpha value is -1.95. The zero-order chi connectivity index (χ0) is 13.8. The minimum absolute atomic E-state index is 0.138. The molecule has 0 atom stereocenters. The van der Waals surface area contributed by atoms with Crippen molar-refractivity contribution in [3.05, 3.63) is 17.7 Å². The summed E-state index contributed by atoms with van der Waals surface area (Å²) in [7, 11) is 0. The Morgan fingerprint density at radius 2 is 2.05 bits per heavy atom. The largest absolute Gasteiger partial charge is 0.481 e. The number of benzene rings is 1. The van der Waals surface area contributed by atoms with E-state index < -0.39 is 5.97 Å². The molecule has 104 valence electrons. The topological polar surface area (TPSA) is 74.2 Å². The summed E-state index contributed by atoms with van der Waals surface area (Å²) in [6, 6.07) is 3.22. The third-order valence-electron chi connectivity index (χ3n) is 2.44. The number of hydrogen-bond acceptors (Lipinski definition) is 6. The van der Waals surface area contributed by atoms with Gasteiger partial charge < -0.3 is 24.1 Å². The van der Waals surface area contributed by atoms with Gasteiger partial charge in [0.1, 0.15) is 5.75 Å². The molecule has 0 unspecified atom stereocenters. The number of esters is 1. The number of ether oxygens (including phenoxy) is 4. The summed E-state index contributed by atoms with van der Waals surface area (Å²) in [6.07, 6.45) is -0.190. The predicted octanol–water partition coefficient (Wildman–Crippen LogP) is 1.24. The summed E-state index contributed by atoms with van der Waals surface area (Å²) in [6.45, 7) is 3.23. The second kappa shape index (κ2) is 5.79. The lowest BCUT2D eigenvalue weighted by Crippen LogP contribution is -2.19. The maximum Gasteiger partial charge on any atom is 0.344 e. The molecule has 0 spiro atoms. The first-order chi connectivity index (χ1) is 9.10. The molecule has 1 aromatic rings. The van der Waals surface area contributed by atoms with Crippen molar-refractivity contribution >= 4 is 5.97 Å². The second-order valence-corrected chi connectivity index (χ2v) is 4.30. The highest BCUT2D eigenvalue weighted by atomic mass is 16.7. The molecule has 0 aromatic heterocycles. The highest BCUT2D eigenvalue weighted by Crippen LogP contribution is 2.38. The van der Waals surface area contributed by atoms with Crippen LogP contribution in [0.1, 0.15) is 19.4 Å². The molecule has 0 saturated heterocycles. The van der Waals surface area contributed by atoms with Crippen molar-refractivity contribution in [1.29, 1.82) is 0 Å². The zero-order valence-corrected chi connectivity index (χ0v) is 10.8. The number of aliphatic hydroxyl groups excluding tert-OH is 1. The summed E-state index contributed by atoms with van der Waals surface area (Å²) < 4.78 is 20.7. The van der Waals surface area contributed by atoms with Crippen LogP contribution in [-0.2, 0) is 16.1 Å². The Balaban J connectivity index is 2.05. The monoisotopic (exact) mass is 268 g/mol. The lowest BCUT2D eigenvalue weighted by molar-refractivity contribution is -0.149. The average Bonchev–Trinajstić information content (AvgIpc) is 2.81. The molecule has 0 fully saturated rings. The Morgan fingerprint density at radius 3 is 2.68 bits per heavy atom. The highest BCUT2D eigenvalue weighted by Gasteiger charge is 2.18. The van der Waals surface area contributed by atoms with E-state index in [1.165, 1.54) is 0 Å². The highest BCUT2D eigenvalue weighted by molar-refractivity contribution is 5.71. The Labute approximate surface area is 110 Å². The van der Waals surface area contributed by atoms with Crippen LogP contribution in [0.5, 0.6) is 17.2 Å². The van der Waals surface area contributed by atoms with Gasteiger partial charge in [-0.15, -0.1) is 0 Å². The average molecular weight is 268 g/mol. The van der Waals surface area contributed by atoms with Crippen LogP contribution in [0.2, 0.25) is 0 Å². The quantitative estimate of drug-likeness (QED) is 0.810. The predicted molar refractivity (Wildman–Crippen MR) is 65.2 cm³/mol. The van der Waals surface area contributed by atoms with Crippen LogP contribution in [0.15, 0.2) is 12.1 Å². The molecule has 1 heterocycles. The van der Waals surface area contributed by atoms with Crippen molar-refractivity contribution in [2.24, 2.45) is 0 Å². The van der Waals surface area contributed by atoms with Gasteiger partial charge in [-0.2, -0.15) is 0 Å². The van der Waals surface area contributed by atoms with Crippen LogP contribution in [0.3, 0.4) is 0 Å². The van der Waals surface area contributed by atoms with Crippen molar-refractivity contribution in [3.63, 3.8) is 0 Å². The Bertz CT molecular complexity index is 468. The standard InChI is InChI=1S/C13H16O6/c1-8(2)19-13(15)6-16-10-4-12-11(17-7-18-12)3-9(10)5-14/h3-4,8,14H,5-7H2,1-2H3. The van der Waals surface area contributed by atoms with Gasteiger partial charge in [0.25, 0.3) is 0 Å². The first-order valence-corrected chi connectivity index (χ1v) is 5.96. The molecular formula is C13H16O6. The number of rotatable bonds is 5. The van der Waals surface area contributed by atoms with Crippen molar-refractivity contribution < 1.29 is 28.8 Å². The number of carbonyl (C=O) groups excluding carboxylic acids is 1. The van der Waals surface area contributed by atoms with E-state index in [4.69, 9.17) is 18.9 Å². The number of hydrogen-bond donors (Lipinski definition) is 1. The summed E-state index contributed by atoms with van der Waals surface area (Å²) in [5.41, 5.74) is 0.529. The molecule has 19 heavy (non-hydrogen) atoms. The van der Waals surface area contributed by atoms with Crippen LogP contribution in [0.4, 0.5) is 0 Å². The van der Waals surface area contributed by atoms with Crippen molar-refractivity contribution in [2.45, 2.75) is 26.6 Å². The number of aliphatic hydroxyl groups is 1. The zero-order valence-electron chi connectivity index (χ0n) is 10.8. The molecule has 1 N–H and O–H groups in total. The molecule has 0 saturated carbocycles. The van der Waals surface area contributed by atoms with E-state index in [0.717, 1.165) is 0 Å². The number of fused-ring (bicyclic) bond motifs is 1. The molecule has 1 aromatic carbocycles. The molecule has 1 aliphatic rings. The van der Waals surface area contributed by atoms with Crippen molar-refractivity contribution in [3.8, 4) is 17.2 Å². The van der Waals surface area contributed by atoms with Crippen LogP contribution in [0, 0.1) is 0 Å². The van der Waals surface area contributed by atoms with Gasteiger partial charge in [0.2, 0.25) is 6.79 Å². The third-order valence-corrected chi connectivity index (χ3v) is 2.44. The fourth-order valence-corrected chi connectivity index (χ4v) is 1.66. The summed E-state index contributed by atoms with van der Waals surface area (Å²) in [5.74, 6) is 1.01. The third kappa shape index (κ3) is 3.29. The van der Waals surface area contributed by atoms with Gasteiger partial charge in [-0.05, 0) is 19.9 Å². The molecular weight excluding hydrogens is 252 g/mol.